The van der Waals surface area contributed by atoms with E-state index in [0.29, 0.717) is 62.4 Å². The Hall–Kier alpha value is -3.82. The Morgan fingerprint density at radius 3 is 2.55 bits per heavy atom. The van der Waals surface area contributed by atoms with Gasteiger partial charge in [0.25, 0.3) is 0 Å². The van der Waals surface area contributed by atoms with Gasteiger partial charge in [0.15, 0.2) is 11.5 Å². The third-order valence-corrected chi connectivity index (χ3v) is 5.26. The van der Waals surface area contributed by atoms with Crippen LogP contribution >= 0.6 is 0 Å². The average molecular weight is 421 g/mol. The van der Waals surface area contributed by atoms with Gasteiger partial charge >= 0.3 is 6.03 Å². The van der Waals surface area contributed by atoms with Crippen molar-refractivity contribution in [3.8, 4) is 17.3 Å². The lowest BCUT2D eigenvalue weighted by atomic mass is 10.2. The summed E-state index contributed by atoms with van der Waals surface area (Å²) in [6.45, 7) is 5.50. The summed E-state index contributed by atoms with van der Waals surface area (Å²) in [7, 11) is 0. The molecule has 3 aromatic rings. The van der Waals surface area contributed by atoms with E-state index in [1.54, 1.807) is 23.5 Å². The molecule has 1 fully saturated rings. The average Bonchev–Trinajstić information content (AvgIpc) is 3.34. The van der Waals surface area contributed by atoms with Gasteiger partial charge in [0, 0.05) is 56.4 Å². The maximum Gasteiger partial charge on any atom is 0.321 e. The van der Waals surface area contributed by atoms with E-state index in [1.807, 2.05) is 35.9 Å². The molecule has 0 saturated carbocycles. The van der Waals surface area contributed by atoms with Gasteiger partial charge in [0.05, 0.1) is 0 Å². The van der Waals surface area contributed by atoms with E-state index >= 15 is 0 Å². The molecule has 2 aliphatic rings. The van der Waals surface area contributed by atoms with E-state index in [-0.39, 0.29) is 6.03 Å². The number of hydrogen-bond donors (Lipinski definition) is 1. The van der Waals surface area contributed by atoms with Gasteiger partial charge in [-0.05, 0) is 19.1 Å². The van der Waals surface area contributed by atoms with Crippen LogP contribution in [0.5, 0.6) is 11.5 Å². The molecule has 0 bridgehead atoms. The van der Waals surface area contributed by atoms with Gasteiger partial charge < -0.3 is 24.6 Å². The summed E-state index contributed by atoms with van der Waals surface area (Å²) in [5, 5.41) is 2.95. The summed E-state index contributed by atoms with van der Waals surface area (Å²) in [6.07, 6.45) is 5.29. The first kappa shape index (κ1) is 19.2. The van der Waals surface area contributed by atoms with Gasteiger partial charge in [-0.15, -0.1) is 0 Å². The monoisotopic (exact) mass is 421 g/mol. The minimum Gasteiger partial charge on any atom is -0.486 e. The van der Waals surface area contributed by atoms with Crippen LogP contribution in [0.3, 0.4) is 0 Å². The van der Waals surface area contributed by atoms with Gasteiger partial charge in [-0.3, -0.25) is 4.57 Å². The van der Waals surface area contributed by atoms with Crippen molar-refractivity contribution in [2.75, 3.05) is 49.6 Å². The Balaban J connectivity index is 1.22. The van der Waals surface area contributed by atoms with E-state index in [9.17, 15) is 4.79 Å². The summed E-state index contributed by atoms with van der Waals surface area (Å²) in [6, 6.07) is 7.25. The molecular formula is C21H23N7O3. The molecule has 0 spiro atoms. The summed E-state index contributed by atoms with van der Waals surface area (Å²) in [5.74, 6) is 3.68. The second-order valence-corrected chi connectivity index (χ2v) is 7.36. The number of amides is 2. The summed E-state index contributed by atoms with van der Waals surface area (Å²) in [5.41, 5.74) is 0.688. The van der Waals surface area contributed by atoms with Crippen LogP contribution in [-0.2, 0) is 0 Å². The lowest BCUT2D eigenvalue weighted by molar-refractivity contribution is 0.171. The van der Waals surface area contributed by atoms with Crippen molar-refractivity contribution in [2.45, 2.75) is 6.92 Å². The van der Waals surface area contributed by atoms with Crippen molar-refractivity contribution in [3.05, 3.63) is 48.8 Å². The Kier molecular flexibility index (Phi) is 5.03. The third kappa shape index (κ3) is 4.09. The molecule has 1 aromatic carbocycles. The quantitative estimate of drug-likeness (QED) is 0.692. The normalized spacial score (nSPS) is 15.6. The number of aromatic nitrogens is 4. The highest BCUT2D eigenvalue weighted by molar-refractivity contribution is 5.90. The number of urea groups is 1. The van der Waals surface area contributed by atoms with Gasteiger partial charge in [0.1, 0.15) is 37.0 Å². The van der Waals surface area contributed by atoms with Gasteiger partial charge in [-0.25, -0.2) is 19.7 Å². The van der Waals surface area contributed by atoms with Crippen molar-refractivity contribution in [1.82, 2.24) is 24.4 Å². The van der Waals surface area contributed by atoms with Crippen molar-refractivity contribution >= 4 is 17.5 Å². The predicted octanol–water partition coefficient (Wildman–Crippen LogP) is 2.10. The van der Waals surface area contributed by atoms with Crippen LogP contribution in [0.1, 0.15) is 5.82 Å². The Morgan fingerprint density at radius 1 is 1.00 bits per heavy atom. The number of fused-ring (bicyclic) bond motifs is 1. The number of nitrogens with one attached hydrogen (secondary N) is 1. The van der Waals surface area contributed by atoms with Crippen LogP contribution in [-0.4, -0.2) is 69.8 Å². The minimum atomic E-state index is -0.130. The smallest absolute Gasteiger partial charge is 0.321 e. The molecule has 2 aliphatic heterocycles. The fourth-order valence-corrected chi connectivity index (χ4v) is 3.69. The number of carbonyl (C=O) groups excluding carboxylic acids is 1. The predicted molar refractivity (Wildman–Crippen MR) is 114 cm³/mol. The van der Waals surface area contributed by atoms with Crippen molar-refractivity contribution in [3.63, 3.8) is 0 Å². The number of imidazole rings is 1. The van der Waals surface area contributed by atoms with Gasteiger partial charge in [-0.2, -0.15) is 0 Å². The summed E-state index contributed by atoms with van der Waals surface area (Å²) < 4.78 is 13.0. The molecule has 160 valence electrons. The highest BCUT2D eigenvalue weighted by atomic mass is 16.6. The number of aryl methyl sites for hydroxylation is 1. The number of carbonyl (C=O) groups is 1. The van der Waals surface area contributed by atoms with E-state index in [4.69, 9.17) is 9.47 Å². The largest absolute Gasteiger partial charge is 0.486 e. The maximum absolute atomic E-state index is 12.7. The number of anilines is 2. The summed E-state index contributed by atoms with van der Waals surface area (Å²) in [4.78, 5) is 29.9. The Bertz CT molecular complexity index is 1080. The van der Waals surface area contributed by atoms with Crippen molar-refractivity contribution in [2.24, 2.45) is 0 Å². The number of hydrogen-bond acceptors (Lipinski definition) is 7. The van der Waals surface area contributed by atoms with Gasteiger partial charge in [-0.1, -0.05) is 0 Å². The number of rotatable bonds is 3. The van der Waals surface area contributed by atoms with Crippen LogP contribution in [0.15, 0.2) is 43.0 Å². The molecule has 1 saturated heterocycles. The first-order valence-corrected chi connectivity index (χ1v) is 10.2. The number of piperazine rings is 1. The SMILES string of the molecule is Cc1nc(N2CCN(C(=O)Nc3ccc4c(c3)OCCO4)CC2)cc(-n2ccnc2)n1. The molecule has 2 aromatic heterocycles. The molecule has 4 heterocycles. The van der Waals surface area contributed by atoms with E-state index in [0.717, 1.165) is 11.6 Å². The third-order valence-electron chi connectivity index (χ3n) is 5.26. The van der Waals surface area contributed by atoms with Crippen LogP contribution in [0.25, 0.3) is 5.82 Å². The van der Waals surface area contributed by atoms with Crippen molar-refractivity contribution in [1.29, 1.82) is 0 Å². The van der Waals surface area contributed by atoms with E-state index in [2.05, 4.69) is 25.2 Å². The Morgan fingerprint density at radius 2 is 1.77 bits per heavy atom. The second kappa shape index (κ2) is 8.13. The zero-order valence-corrected chi connectivity index (χ0v) is 17.2. The second-order valence-electron chi connectivity index (χ2n) is 7.36. The fraction of sp³-hybridized carbons (Fsp3) is 0.333. The molecule has 10 nitrogen and oxygen atoms in total. The van der Waals surface area contributed by atoms with E-state index < -0.39 is 0 Å². The molecule has 0 atom stereocenters. The van der Waals surface area contributed by atoms with Crippen LogP contribution < -0.4 is 19.7 Å². The fourth-order valence-electron chi connectivity index (χ4n) is 3.69. The number of ether oxygens (including phenoxy) is 2. The van der Waals surface area contributed by atoms with Crippen molar-refractivity contribution < 1.29 is 14.3 Å². The first-order chi connectivity index (χ1) is 15.2. The lowest BCUT2D eigenvalue weighted by Crippen LogP contribution is -2.50. The highest BCUT2D eigenvalue weighted by Crippen LogP contribution is 2.32. The topological polar surface area (TPSA) is 97.6 Å². The maximum atomic E-state index is 12.7. The lowest BCUT2D eigenvalue weighted by Gasteiger charge is -2.35. The van der Waals surface area contributed by atoms with Crippen LogP contribution in [0, 0.1) is 6.92 Å². The summed E-state index contributed by atoms with van der Waals surface area (Å²) >= 11 is 0. The molecular weight excluding hydrogens is 398 g/mol. The zero-order chi connectivity index (χ0) is 21.2. The molecule has 0 unspecified atom stereocenters. The molecule has 5 rings (SSSR count). The molecule has 31 heavy (non-hydrogen) atoms. The zero-order valence-electron chi connectivity index (χ0n) is 17.2. The molecule has 0 aliphatic carbocycles. The minimum absolute atomic E-state index is 0.130. The first-order valence-electron chi connectivity index (χ1n) is 10.2. The van der Waals surface area contributed by atoms with Crippen LogP contribution in [0.4, 0.5) is 16.3 Å². The van der Waals surface area contributed by atoms with Crippen LogP contribution in [0.2, 0.25) is 0 Å². The number of benzene rings is 1. The molecule has 10 heteroatoms. The number of nitrogens with zero attached hydrogens (tertiary/aromatic N) is 6. The van der Waals surface area contributed by atoms with E-state index in [1.165, 1.54) is 0 Å². The van der Waals surface area contributed by atoms with Gasteiger partial charge in [0.2, 0.25) is 0 Å². The Labute approximate surface area is 179 Å². The molecule has 2 amide bonds. The highest BCUT2D eigenvalue weighted by Gasteiger charge is 2.23. The molecule has 1 N–H and O–H groups in total. The molecule has 0 radical (unpaired) electrons. The standard InChI is InChI=1S/C21H23N7O3/c1-15-23-19(13-20(24-15)28-5-4-22-14-28)26-6-8-27(9-7-26)21(29)25-16-2-3-17-18(12-16)31-11-10-30-17/h2-5,12-14H,6-11H2,1H3,(H,25,29).